The van der Waals surface area contributed by atoms with Crippen LogP contribution in [0.25, 0.3) is 0 Å². The molecule has 0 aliphatic rings. The van der Waals surface area contributed by atoms with Crippen LogP contribution in [0.3, 0.4) is 0 Å². The minimum Gasteiger partial charge on any atom is -0.482 e. The van der Waals surface area contributed by atoms with E-state index in [0.29, 0.717) is 0 Å². The molecule has 0 spiro atoms. The second-order valence-corrected chi connectivity index (χ2v) is 3.35. The summed E-state index contributed by atoms with van der Waals surface area (Å²) in [6.45, 7) is -1.42. The Morgan fingerprint density at radius 2 is 2.00 bits per heavy atom. The number of para-hydroxylation sites is 2. The Bertz CT molecular complexity index is 395. The highest BCUT2D eigenvalue weighted by molar-refractivity contribution is 6.29. The monoisotopic (exact) mass is 267 g/mol. The van der Waals surface area contributed by atoms with Gasteiger partial charge in [0.25, 0.3) is 0 Å². The Kier molecular flexibility index (Phi) is 4.62. The normalized spacial score (nSPS) is 11.1. The number of nitrogens with one attached hydrogen (secondary N) is 1. The molecule has 0 aliphatic heterocycles. The molecule has 1 N–H and O–H groups in total. The number of carbonyl (C=O) groups excluding carboxylic acids is 1. The van der Waals surface area contributed by atoms with Crippen LogP contribution in [0.2, 0.25) is 0 Å². The Labute approximate surface area is 101 Å². The van der Waals surface area contributed by atoms with E-state index in [9.17, 15) is 18.0 Å². The largest absolute Gasteiger partial charge is 0.482 e. The van der Waals surface area contributed by atoms with Gasteiger partial charge in [0.15, 0.2) is 6.61 Å². The van der Waals surface area contributed by atoms with Gasteiger partial charge in [0.1, 0.15) is 11.6 Å². The first kappa shape index (κ1) is 13.6. The molecule has 1 rings (SSSR count). The molecular formula is C10H9ClF3NO2. The lowest BCUT2D eigenvalue weighted by molar-refractivity contribution is -0.153. The average molecular weight is 268 g/mol. The summed E-state index contributed by atoms with van der Waals surface area (Å²) in [5.41, 5.74) is 0.155. The fraction of sp³-hybridized carbons (Fsp3) is 0.300. The Balaban J connectivity index is 2.74. The van der Waals surface area contributed by atoms with Crippen LogP contribution >= 0.6 is 11.6 Å². The van der Waals surface area contributed by atoms with Crippen molar-refractivity contribution in [2.45, 2.75) is 6.18 Å². The quantitative estimate of drug-likeness (QED) is 0.852. The fourth-order valence-corrected chi connectivity index (χ4v) is 1.11. The first-order valence-corrected chi connectivity index (χ1v) is 5.10. The molecule has 0 saturated heterocycles. The number of rotatable bonds is 4. The minimum atomic E-state index is -4.43. The zero-order valence-electron chi connectivity index (χ0n) is 8.55. The molecule has 0 radical (unpaired) electrons. The van der Waals surface area contributed by atoms with E-state index in [0.717, 1.165) is 0 Å². The maximum atomic E-state index is 12.0. The fourth-order valence-electron chi connectivity index (χ4n) is 1.04. The first-order valence-electron chi connectivity index (χ1n) is 4.57. The number of benzene rings is 1. The summed E-state index contributed by atoms with van der Waals surface area (Å²) in [5, 5.41) is 2.33. The van der Waals surface area contributed by atoms with Crippen molar-refractivity contribution < 1.29 is 22.7 Å². The van der Waals surface area contributed by atoms with Crippen LogP contribution < -0.4 is 10.1 Å². The third-order valence-electron chi connectivity index (χ3n) is 1.67. The van der Waals surface area contributed by atoms with Crippen LogP contribution in [0, 0.1) is 0 Å². The third-order valence-corrected chi connectivity index (χ3v) is 1.92. The molecule has 0 saturated carbocycles. The number of ether oxygens (including phenoxy) is 1. The number of anilines is 1. The van der Waals surface area contributed by atoms with E-state index in [-0.39, 0.29) is 17.3 Å². The topological polar surface area (TPSA) is 38.3 Å². The van der Waals surface area contributed by atoms with Crippen LogP contribution in [0.4, 0.5) is 18.9 Å². The van der Waals surface area contributed by atoms with Gasteiger partial charge in [0.2, 0.25) is 5.91 Å². The molecule has 94 valence electrons. The van der Waals surface area contributed by atoms with Gasteiger partial charge in [-0.3, -0.25) is 4.79 Å². The van der Waals surface area contributed by atoms with Gasteiger partial charge in [-0.25, -0.2) is 0 Å². The number of alkyl halides is 4. The summed E-state index contributed by atoms with van der Waals surface area (Å²) in [7, 11) is 0. The highest BCUT2D eigenvalue weighted by Gasteiger charge is 2.28. The van der Waals surface area contributed by atoms with Gasteiger partial charge in [-0.2, -0.15) is 13.2 Å². The summed E-state index contributed by atoms with van der Waals surface area (Å²) in [6.07, 6.45) is -4.43. The van der Waals surface area contributed by atoms with Gasteiger partial charge in [0.05, 0.1) is 5.69 Å². The second-order valence-electron chi connectivity index (χ2n) is 3.08. The maximum Gasteiger partial charge on any atom is 0.422 e. The summed E-state index contributed by atoms with van der Waals surface area (Å²) in [4.78, 5) is 11.0. The molecule has 1 aromatic carbocycles. The van der Waals surface area contributed by atoms with E-state index in [1.165, 1.54) is 18.2 Å². The van der Waals surface area contributed by atoms with E-state index in [2.05, 4.69) is 10.1 Å². The predicted octanol–water partition coefficient (Wildman–Crippen LogP) is 2.81. The predicted molar refractivity (Wildman–Crippen MR) is 57.3 cm³/mol. The van der Waals surface area contributed by atoms with Crippen molar-refractivity contribution in [1.82, 2.24) is 0 Å². The van der Waals surface area contributed by atoms with E-state index in [1.807, 2.05) is 0 Å². The highest BCUT2D eigenvalue weighted by atomic mass is 35.5. The Morgan fingerprint density at radius 3 is 2.59 bits per heavy atom. The SMILES string of the molecule is O=C(CCl)Nc1ccccc1OCC(F)(F)F. The van der Waals surface area contributed by atoms with Crippen molar-refractivity contribution in [3.05, 3.63) is 24.3 Å². The molecule has 17 heavy (non-hydrogen) atoms. The second kappa shape index (κ2) is 5.77. The lowest BCUT2D eigenvalue weighted by Gasteiger charge is -2.13. The van der Waals surface area contributed by atoms with Gasteiger partial charge in [-0.15, -0.1) is 11.6 Å². The van der Waals surface area contributed by atoms with Gasteiger partial charge in [-0.1, -0.05) is 12.1 Å². The van der Waals surface area contributed by atoms with Crippen LogP contribution in [0.15, 0.2) is 24.3 Å². The molecule has 1 amide bonds. The first-order chi connectivity index (χ1) is 7.92. The number of hydrogen-bond donors (Lipinski definition) is 1. The molecule has 3 nitrogen and oxygen atoms in total. The van der Waals surface area contributed by atoms with Crippen molar-refractivity contribution in [1.29, 1.82) is 0 Å². The number of amides is 1. The van der Waals surface area contributed by atoms with E-state index in [4.69, 9.17) is 11.6 Å². The maximum absolute atomic E-state index is 12.0. The molecule has 0 heterocycles. The molecule has 1 aromatic rings. The standard InChI is InChI=1S/C10H9ClF3NO2/c11-5-9(16)15-7-3-1-2-4-8(7)17-6-10(12,13)14/h1-4H,5-6H2,(H,15,16). The third kappa shape index (κ3) is 4.95. The lowest BCUT2D eigenvalue weighted by Crippen LogP contribution is -2.20. The van der Waals surface area contributed by atoms with E-state index in [1.54, 1.807) is 6.07 Å². The molecule has 7 heteroatoms. The average Bonchev–Trinajstić information content (AvgIpc) is 2.26. The van der Waals surface area contributed by atoms with Crippen molar-refractivity contribution in [2.24, 2.45) is 0 Å². The van der Waals surface area contributed by atoms with Gasteiger partial charge < -0.3 is 10.1 Å². The Morgan fingerprint density at radius 1 is 1.35 bits per heavy atom. The Hall–Kier alpha value is -1.43. The van der Waals surface area contributed by atoms with Crippen LogP contribution in [0.1, 0.15) is 0 Å². The summed E-state index contributed by atoms with van der Waals surface area (Å²) in [6, 6.07) is 5.82. The van der Waals surface area contributed by atoms with Crippen molar-refractivity contribution in [3.8, 4) is 5.75 Å². The van der Waals surface area contributed by atoms with Crippen LogP contribution in [-0.4, -0.2) is 24.6 Å². The van der Waals surface area contributed by atoms with Crippen molar-refractivity contribution in [3.63, 3.8) is 0 Å². The summed E-state index contributed by atoms with van der Waals surface area (Å²) in [5.74, 6) is -0.855. The number of hydrogen-bond acceptors (Lipinski definition) is 2. The van der Waals surface area contributed by atoms with Crippen molar-refractivity contribution >= 4 is 23.2 Å². The molecular weight excluding hydrogens is 259 g/mol. The molecule has 0 aromatic heterocycles. The van der Waals surface area contributed by atoms with E-state index < -0.39 is 18.7 Å². The minimum absolute atomic E-state index is 0.0525. The van der Waals surface area contributed by atoms with Gasteiger partial charge in [-0.05, 0) is 12.1 Å². The molecule has 0 unspecified atom stereocenters. The molecule has 0 bridgehead atoms. The summed E-state index contributed by atoms with van der Waals surface area (Å²) >= 11 is 5.27. The number of halogens is 4. The zero-order valence-corrected chi connectivity index (χ0v) is 9.31. The van der Waals surface area contributed by atoms with E-state index >= 15 is 0 Å². The van der Waals surface area contributed by atoms with Crippen LogP contribution in [0.5, 0.6) is 5.75 Å². The smallest absolute Gasteiger partial charge is 0.422 e. The van der Waals surface area contributed by atoms with Gasteiger partial charge in [0, 0.05) is 0 Å². The molecule has 0 atom stereocenters. The summed E-state index contributed by atoms with van der Waals surface area (Å²) < 4.78 is 40.5. The van der Waals surface area contributed by atoms with Crippen molar-refractivity contribution in [2.75, 3.05) is 17.8 Å². The van der Waals surface area contributed by atoms with Gasteiger partial charge >= 0.3 is 6.18 Å². The highest BCUT2D eigenvalue weighted by Crippen LogP contribution is 2.26. The van der Waals surface area contributed by atoms with Crippen LogP contribution in [-0.2, 0) is 4.79 Å². The molecule has 0 fully saturated rings. The molecule has 0 aliphatic carbocycles. The zero-order chi connectivity index (χ0) is 12.9. The number of carbonyl (C=O) groups is 1. The lowest BCUT2D eigenvalue weighted by atomic mass is 10.3.